The van der Waals surface area contributed by atoms with Gasteiger partial charge in [-0.05, 0) is 24.6 Å². The summed E-state index contributed by atoms with van der Waals surface area (Å²) in [5, 5.41) is 9.29. The quantitative estimate of drug-likeness (QED) is 0.810. The first kappa shape index (κ1) is 17.3. The average Bonchev–Trinajstić information content (AvgIpc) is 2.56. The number of nitriles is 1. The van der Waals surface area contributed by atoms with Gasteiger partial charge in [0.05, 0.1) is 6.54 Å². The molecule has 0 saturated heterocycles. The minimum atomic E-state index is -0.595. The van der Waals surface area contributed by atoms with Crippen LogP contribution in [-0.2, 0) is 14.1 Å². The van der Waals surface area contributed by atoms with Crippen molar-refractivity contribution in [1.29, 1.82) is 5.26 Å². The molecule has 0 amide bonds. The summed E-state index contributed by atoms with van der Waals surface area (Å²) in [4.78, 5) is 25.9. The van der Waals surface area contributed by atoms with Crippen LogP contribution >= 0.6 is 0 Å². The lowest BCUT2D eigenvalue weighted by molar-refractivity contribution is 0.325. The molecule has 7 heteroatoms. The molecule has 0 aliphatic heterocycles. The van der Waals surface area contributed by atoms with Crippen molar-refractivity contribution in [2.24, 2.45) is 14.1 Å². The SMILES string of the molecule is Cc1cccc(OCCN(C)c2c(C#N)c(=O)n(C)c(=O)n2C)c1. The number of aryl methyl sites for hydroxylation is 1. The lowest BCUT2D eigenvalue weighted by Gasteiger charge is -2.23. The van der Waals surface area contributed by atoms with E-state index in [0.717, 1.165) is 15.9 Å². The number of benzene rings is 1. The smallest absolute Gasteiger partial charge is 0.332 e. The highest BCUT2D eigenvalue weighted by Crippen LogP contribution is 2.14. The summed E-state index contributed by atoms with van der Waals surface area (Å²) < 4.78 is 7.91. The first-order valence-electron chi connectivity index (χ1n) is 7.47. The largest absolute Gasteiger partial charge is 0.492 e. The van der Waals surface area contributed by atoms with E-state index in [1.54, 1.807) is 11.9 Å². The highest BCUT2D eigenvalue weighted by molar-refractivity contribution is 5.52. The Balaban J connectivity index is 2.21. The second-order valence-corrected chi connectivity index (χ2v) is 5.60. The van der Waals surface area contributed by atoms with Gasteiger partial charge in [-0.3, -0.25) is 13.9 Å². The molecule has 0 saturated carbocycles. The van der Waals surface area contributed by atoms with Crippen molar-refractivity contribution in [3.05, 3.63) is 56.2 Å². The Hall–Kier alpha value is -3.01. The van der Waals surface area contributed by atoms with Crippen molar-refractivity contribution in [2.45, 2.75) is 6.92 Å². The van der Waals surface area contributed by atoms with Gasteiger partial charge in [0.25, 0.3) is 5.56 Å². The van der Waals surface area contributed by atoms with E-state index in [4.69, 9.17) is 4.74 Å². The molecular weight excluding hydrogens is 308 g/mol. The maximum Gasteiger partial charge on any atom is 0.332 e. The molecule has 0 aliphatic rings. The Morgan fingerprint density at radius 3 is 2.58 bits per heavy atom. The number of likely N-dealkylation sites (N-methyl/N-ethyl adjacent to an activating group) is 1. The van der Waals surface area contributed by atoms with Gasteiger partial charge in [-0.1, -0.05) is 12.1 Å². The fourth-order valence-corrected chi connectivity index (χ4v) is 2.49. The Bertz CT molecular complexity index is 906. The van der Waals surface area contributed by atoms with Crippen LogP contribution in [0.3, 0.4) is 0 Å². The van der Waals surface area contributed by atoms with Crippen LogP contribution in [-0.4, -0.2) is 29.3 Å². The molecule has 2 aromatic rings. The average molecular weight is 328 g/mol. The Labute approximate surface area is 139 Å². The maximum absolute atomic E-state index is 12.1. The lowest BCUT2D eigenvalue weighted by atomic mass is 10.2. The standard InChI is InChI=1S/C17H20N4O3/c1-12-6-5-7-13(10-12)24-9-8-19(2)15-14(11-18)16(22)21(4)17(23)20(15)3/h5-7,10H,8-9H2,1-4H3. The number of aromatic nitrogens is 2. The number of anilines is 1. The summed E-state index contributed by atoms with van der Waals surface area (Å²) in [6.07, 6.45) is 0. The summed E-state index contributed by atoms with van der Waals surface area (Å²) in [7, 11) is 4.61. The molecule has 126 valence electrons. The number of rotatable bonds is 5. The van der Waals surface area contributed by atoms with Crippen LogP contribution in [0.1, 0.15) is 11.1 Å². The van der Waals surface area contributed by atoms with Crippen molar-refractivity contribution < 1.29 is 4.74 Å². The molecule has 0 aliphatic carbocycles. The van der Waals surface area contributed by atoms with E-state index < -0.39 is 11.2 Å². The maximum atomic E-state index is 12.1. The van der Waals surface area contributed by atoms with Crippen LogP contribution < -0.4 is 20.9 Å². The molecule has 0 radical (unpaired) electrons. The van der Waals surface area contributed by atoms with Gasteiger partial charge in [0.15, 0.2) is 5.56 Å². The van der Waals surface area contributed by atoms with Crippen LogP contribution in [0, 0.1) is 18.3 Å². The Morgan fingerprint density at radius 1 is 1.25 bits per heavy atom. The predicted molar refractivity (Wildman–Crippen MR) is 91.6 cm³/mol. The zero-order valence-electron chi connectivity index (χ0n) is 14.2. The third-order valence-corrected chi connectivity index (χ3v) is 3.79. The van der Waals surface area contributed by atoms with Crippen molar-refractivity contribution in [3.63, 3.8) is 0 Å². The monoisotopic (exact) mass is 328 g/mol. The first-order valence-corrected chi connectivity index (χ1v) is 7.47. The second-order valence-electron chi connectivity index (χ2n) is 5.60. The van der Waals surface area contributed by atoms with E-state index in [9.17, 15) is 14.9 Å². The molecule has 0 atom stereocenters. The van der Waals surface area contributed by atoms with Crippen molar-refractivity contribution in [1.82, 2.24) is 9.13 Å². The van der Waals surface area contributed by atoms with Gasteiger partial charge >= 0.3 is 5.69 Å². The third kappa shape index (κ3) is 3.33. The van der Waals surface area contributed by atoms with E-state index in [1.807, 2.05) is 37.3 Å². The normalized spacial score (nSPS) is 10.3. The van der Waals surface area contributed by atoms with Gasteiger partial charge in [0, 0.05) is 21.1 Å². The van der Waals surface area contributed by atoms with Gasteiger partial charge in [-0.25, -0.2) is 4.79 Å². The molecular formula is C17H20N4O3. The lowest BCUT2D eigenvalue weighted by Crippen LogP contribution is -2.42. The molecule has 24 heavy (non-hydrogen) atoms. The topological polar surface area (TPSA) is 80.3 Å². The number of hydrogen-bond acceptors (Lipinski definition) is 5. The second kappa shape index (κ2) is 7.04. The summed E-state index contributed by atoms with van der Waals surface area (Å²) in [6.45, 7) is 2.75. The van der Waals surface area contributed by atoms with Crippen LogP contribution in [0.2, 0.25) is 0 Å². The molecule has 2 rings (SSSR count). The van der Waals surface area contributed by atoms with Crippen LogP contribution in [0.25, 0.3) is 0 Å². The van der Waals surface area contributed by atoms with Gasteiger partial charge in [0.2, 0.25) is 0 Å². The van der Waals surface area contributed by atoms with Gasteiger partial charge in [0.1, 0.15) is 24.2 Å². The predicted octanol–water partition coefficient (Wildman–Crippen LogP) is 0.779. The number of hydrogen-bond donors (Lipinski definition) is 0. The highest BCUT2D eigenvalue weighted by Gasteiger charge is 2.18. The number of ether oxygens (including phenoxy) is 1. The van der Waals surface area contributed by atoms with Crippen molar-refractivity contribution in [2.75, 3.05) is 25.1 Å². The summed E-state index contributed by atoms with van der Waals surface area (Å²) in [5.74, 6) is 1.04. The Morgan fingerprint density at radius 2 is 1.96 bits per heavy atom. The zero-order chi connectivity index (χ0) is 17.9. The van der Waals surface area contributed by atoms with E-state index in [2.05, 4.69) is 0 Å². The highest BCUT2D eigenvalue weighted by atomic mass is 16.5. The van der Waals surface area contributed by atoms with E-state index >= 15 is 0 Å². The van der Waals surface area contributed by atoms with E-state index in [0.29, 0.717) is 19.0 Å². The molecule has 1 aromatic carbocycles. The summed E-state index contributed by atoms with van der Waals surface area (Å²) >= 11 is 0. The molecule has 1 heterocycles. The van der Waals surface area contributed by atoms with Crippen LogP contribution in [0.15, 0.2) is 33.9 Å². The van der Waals surface area contributed by atoms with Crippen LogP contribution in [0.5, 0.6) is 5.75 Å². The molecule has 7 nitrogen and oxygen atoms in total. The van der Waals surface area contributed by atoms with Gasteiger partial charge in [-0.2, -0.15) is 5.26 Å². The van der Waals surface area contributed by atoms with Crippen molar-refractivity contribution in [3.8, 4) is 11.8 Å². The van der Waals surface area contributed by atoms with Gasteiger partial charge < -0.3 is 9.64 Å². The molecule has 0 bridgehead atoms. The fraction of sp³-hybridized carbons (Fsp3) is 0.353. The Kier molecular flexibility index (Phi) is 5.09. The fourth-order valence-electron chi connectivity index (χ4n) is 2.49. The minimum Gasteiger partial charge on any atom is -0.492 e. The van der Waals surface area contributed by atoms with E-state index in [-0.39, 0.29) is 5.56 Å². The van der Waals surface area contributed by atoms with Gasteiger partial charge in [-0.15, -0.1) is 0 Å². The number of nitrogens with zero attached hydrogens (tertiary/aromatic N) is 4. The van der Waals surface area contributed by atoms with Crippen LogP contribution in [0.4, 0.5) is 5.82 Å². The first-order chi connectivity index (χ1) is 11.4. The minimum absolute atomic E-state index is 0.0577. The van der Waals surface area contributed by atoms with E-state index in [1.165, 1.54) is 18.7 Å². The molecule has 0 fully saturated rings. The van der Waals surface area contributed by atoms with Crippen molar-refractivity contribution >= 4 is 5.82 Å². The third-order valence-electron chi connectivity index (χ3n) is 3.79. The molecule has 0 spiro atoms. The molecule has 1 aromatic heterocycles. The zero-order valence-corrected chi connectivity index (χ0v) is 14.2. The summed E-state index contributed by atoms with van der Waals surface area (Å²) in [5.41, 5.74) is -0.0262. The molecule has 0 unspecified atom stereocenters. The summed E-state index contributed by atoms with van der Waals surface area (Å²) in [6, 6.07) is 9.57. The molecule has 0 N–H and O–H groups in total.